The molecule has 154 valence electrons. The molecule has 0 atom stereocenters. The van der Waals surface area contributed by atoms with Crippen LogP contribution in [0.1, 0.15) is 55.1 Å². The zero-order valence-corrected chi connectivity index (χ0v) is 16.8. The van der Waals surface area contributed by atoms with Crippen molar-refractivity contribution >= 4 is 10.8 Å². The van der Waals surface area contributed by atoms with Crippen molar-refractivity contribution in [2.75, 3.05) is 0 Å². The molecule has 0 saturated carbocycles. The molecule has 2 nitrogen and oxygen atoms in total. The van der Waals surface area contributed by atoms with Gasteiger partial charge in [-0.2, -0.15) is 0 Å². The predicted octanol–water partition coefficient (Wildman–Crippen LogP) is 6.43. The summed E-state index contributed by atoms with van der Waals surface area (Å²) in [7, 11) is 0. The fourth-order valence-electron chi connectivity index (χ4n) is 3.53. The molecule has 0 N–H and O–H groups in total. The van der Waals surface area contributed by atoms with Crippen LogP contribution in [0.3, 0.4) is 0 Å². The van der Waals surface area contributed by atoms with Crippen molar-refractivity contribution < 1.29 is 17.6 Å². The molecule has 0 aliphatic carbocycles. The highest BCUT2D eigenvalue weighted by Gasteiger charge is 2.15. The normalized spacial score (nSPS) is 11.3. The first kappa shape index (κ1) is 21.2. The van der Waals surface area contributed by atoms with E-state index in [1.807, 2.05) is 0 Å². The Morgan fingerprint density at radius 1 is 0.828 bits per heavy atom. The highest BCUT2D eigenvalue weighted by Crippen LogP contribution is 2.23. The van der Waals surface area contributed by atoms with Crippen LogP contribution in [0, 0.1) is 24.4 Å². The van der Waals surface area contributed by atoms with Crippen LogP contribution in [0.2, 0.25) is 0 Å². The number of unbranched alkanes of at least 4 members (excludes halogenated alkanes) is 3. The minimum Gasteiger partial charge on any atom is -0.427 e. The third-order valence-corrected chi connectivity index (χ3v) is 5.29. The molecule has 0 spiro atoms. The lowest BCUT2D eigenvalue weighted by Gasteiger charge is -2.09. The lowest BCUT2D eigenvalue weighted by atomic mass is 9.99. The second-order valence-electron chi connectivity index (χ2n) is 7.48. The summed E-state index contributed by atoms with van der Waals surface area (Å²) in [5.41, 5.74) is -0.00548. The summed E-state index contributed by atoms with van der Waals surface area (Å²) in [5, 5.41) is 0.413. The number of aryl methyl sites for hydroxylation is 4. The fourth-order valence-corrected chi connectivity index (χ4v) is 3.53. The zero-order chi connectivity index (χ0) is 21.0. The van der Waals surface area contributed by atoms with Crippen LogP contribution in [0.15, 0.2) is 39.5 Å². The molecule has 0 saturated heterocycles. The maximum atomic E-state index is 14.9. The topological polar surface area (TPSA) is 30.2 Å². The van der Waals surface area contributed by atoms with Gasteiger partial charge in [-0.15, -0.1) is 0 Å². The fraction of sp³-hybridized carbons (Fsp3) is 0.375. The van der Waals surface area contributed by atoms with Crippen molar-refractivity contribution in [3.8, 4) is 0 Å². The first-order valence-corrected chi connectivity index (χ1v) is 10.1. The SMILES string of the molecule is CCCCCCc1cc2ccc(CCc3ccc(C)c(F)c3F)c(F)c2c(=O)o1. The summed E-state index contributed by atoms with van der Waals surface area (Å²) < 4.78 is 48.0. The monoisotopic (exact) mass is 402 g/mol. The molecule has 5 heteroatoms. The Balaban J connectivity index is 1.82. The second-order valence-corrected chi connectivity index (χ2v) is 7.48. The average Bonchev–Trinajstić information content (AvgIpc) is 2.70. The average molecular weight is 402 g/mol. The van der Waals surface area contributed by atoms with Gasteiger partial charge in [0, 0.05) is 6.42 Å². The molecule has 0 fully saturated rings. The van der Waals surface area contributed by atoms with Gasteiger partial charge < -0.3 is 4.42 Å². The van der Waals surface area contributed by atoms with Gasteiger partial charge in [0.1, 0.15) is 17.0 Å². The lowest BCUT2D eigenvalue weighted by Crippen LogP contribution is -2.07. The molecular weight excluding hydrogens is 377 g/mol. The summed E-state index contributed by atoms with van der Waals surface area (Å²) in [6.45, 7) is 3.61. The highest BCUT2D eigenvalue weighted by atomic mass is 19.2. The molecule has 0 amide bonds. The van der Waals surface area contributed by atoms with Crippen molar-refractivity contribution in [1.82, 2.24) is 0 Å². The molecule has 0 radical (unpaired) electrons. The van der Waals surface area contributed by atoms with Gasteiger partial charge >= 0.3 is 5.63 Å². The minimum atomic E-state index is -0.904. The minimum absolute atomic E-state index is 0.0876. The molecule has 1 heterocycles. The number of halogens is 3. The van der Waals surface area contributed by atoms with Gasteiger partial charge in [-0.05, 0) is 54.3 Å². The van der Waals surface area contributed by atoms with E-state index < -0.39 is 23.1 Å². The summed E-state index contributed by atoms with van der Waals surface area (Å²) in [6, 6.07) is 8.00. The standard InChI is InChI=1S/C24H25F3O2/c1-3-4-5-6-7-19-14-18-13-12-16(22(26)20(18)24(28)29-19)10-11-17-9-8-15(2)21(25)23(17)27/h8-9,12-14H,3-7,10-11H2,1-2H3. The van der Waals surface area contributed by atoms with E-state index in [1.54, 1.807) is 18.2 Å². The maximum Gasteiger partial charge on any atom is 0.346 e. The summed E-state index contributed by atoms with van der Waals surface area (Å²) in [6.07, 6.45) is 5.15. The molecule has 3 aromatic rings. The van der Waals surface area contributed by atoms with Crippen LogP contribution in [0.25, 0.3) is 10.8 Å². The smallest absolute Gasteiger partial charge is 0.346 e. The lowest BCUT2D eigenvalue weighted by molar-refractivity contribution is 0.453. The van der Waals surface area contributed by atoms with Gasteiger partial charge in [0.15, 0.2) is 11.6 Å². The van der Waals surface area contributed by atoms with Crippen molar-refractivity contribution in [3.63, 3.8) is 0 Å². The van der Waals surface area contributed by atoms with Crippen LogP contribution in [0.5, 0.6) is 0 Å². The molecule has 0 unspecified atom stereocenters. The van der Waals surface area contributed by atoms with Crippen LogP contribution in [-0.4, -0.2) is 0 Å². The first-order chi connectivity index (χ1) is 13.9. The molecule has 0 aliphatic heterocycles. The summed E-state index contributed by atoms with van der Waals surface area (Å²) >= 11 is 0. The van der Waals surface area contributed by atoms with E-state index in [-0.39, 0.29) is 34.9 Å². The van der Waals surface area contributed by atoms with Gasteiger partial charge in [0.05, 0.1) is 0 Å². The van der Waals surface area contributed by atoms with Gasteiger partial charge in [-0.25, -0.2) is 18.0 Å². The number of hydrogen-bond acceptors (Lipinski definition) is 2. The van der Waals surface area contributed by atoms with Crippen molar-refractivity contribution in [2.45, 2.75) is 58.8 Å². The van der Waals surface area contributed by atoms with E-state index >= 15 is 0 Å². The van der Waals surface area contributed by atoms with Crippen LogP contribution < -0.4 is 5.63 Å². The molecule has 0 bridgehead atoms. The van der Waals surface area contributed by atoms with Gasteiger partial charge in [-0.3, -0.25) is 0 Å². The molecule has 3 rings (SSSR count). The number of hydrogen-bond donors (Lipinski definition) is 0. The molecule has 1 aromatic heterocycles. The third kappa shape index (κ3) is 4.72. The Morgan fingerprint density at radius 2 is 1.52 bits per heavy atom. The van der Waals surface area contributed by atoms with Gasteiger partial charge in [0.25, 0.3) is 0 Å². The summed E-state index contributed by atoms with van der Waals surface area (Å²) in [5.74, 6) is -1.88. The Morgan fingerprint density at radius 3 is 2.24 bits per heavy atom. The van der Waals surface area contributed by atoms with E-state index in [2.05, 4.69) is 6.92 Å². The Labute approximate surface area is 168 Å². The van der Waals surface area contributed by atoms with E-state index in [9.17, 15) is 18.0 Å². The van der Waals surface area contributed by atoms with E-state index in [4.69, 9.17) is 4.42 Å². The highest BCUT2D eigenvalue weighted by molar-refractivity contribution is 5.82. The van der Waals surface area contributed by atoms with Crippen molar-refractivity contribution in [1.29, 1.82) is 0 Å². The third-order valence-electron chi connectivity index (χ3n) is 5.29. The molecule has 29 heavy (non-hydrogen) atoms. The van der Waals surface area contributed by atoms with Crippen LogP contribution in [0.4, 0.5) is 13.2 Å². The second kappa shape index (κ2) is 9.29. The van der Waals surface area contributed by atoms with E-state index in [1.165, 1.54) is 19.1 Å². The van der Waals surface area contributed by atoms with Crippen LogP contribution in [-0.2, 0) is 19.3 Å². The Kier molecular flexibility index (Phi) is 6.78. The number of fused-ring (bicyclic) bond motifs is 1. The number of benzene rings is 2. The molecular formula is C24H25F3O2. The Bertz CT molecular complexity index is 1070. The summed E-state index contributed by atoms with van der Waals surface area (Å²) in [4.78, 5) is 12.4. The van der Waals surface area contributed by atoms with Crippen molar-refractivity contribution in [2.24, 2.45) is 0 Å². The largest absolute Gasteiger partial charge is 0.427 e. The van der Waals surface area contributed by atoms with E-state index in [0.29, 0.717) is 17.6 Å². The molecule has 2 aromatic carbocycles. The molecule has 0 aliphatic rings. The Hall–Kier alpha value is -2.56. The van der Waals surface area contributed by atoms with Crippen molar-refractivity contribution in [3.05, 3.63) is 80.7 Å². The maximum absolute atomic E-state index is 14.9. The van der Waals surface area contributed by atoms with Gasteiger partial charge in [-0.1, -0.05) is 50.5 Å². The van der Waals surface area contributed by atoms with Gasteiger partial charge in [0.2, 0.25) is 0 Å². The predicted molar refractivity (Wildman–Crippen MR) is 109 cm³/mol. The first-order valence-electron chi connectivity index (χ1n) is 10.1. The zero-order valence-electron chi connectivity index (χ0n) is 16.8. The van der Waals surface area contributed by atoms with E-state index in [0.717, 1.165) is 25.7 Å². The quantitative estimate of drug-likeness (QED) is 0.407. The number of rotatable bonds is 8. The van der Waals surface area contributed by atoms with Crippen LogP contribution >= 0.6 is 0 Å².